The van der Waals surface area contributed by atoms with E-state index in [-0.39, 0.29) is 5.25 Å². The number of benzene rings is 1. The summed E-state index contributed by atoms with van der Waals surface area (Å²) in [5, 5.41) is 17.5. The van der Waals surface area contributed by atoms with Gasteiger partial charge in [-0.3, -0.25) is 0 Å². The van der Waals surface area contributed by atoms with E-state index >= 15 is 0 Å². The van der Waals surface area contributed by atoms with Crippen LogP contribution in [0.5, 0.6) is 0 Å². The molecule has 0 spiro atoms. The van der Waals surface area contributed by atoms with Crippen LogP contribution in [0.1, 0.15) is 13.8 Å². The van der Waals surface area contributed by atoms with Crippen molar-refractivity contribution in [2.75, 3.05) is 0 Å². The fraction of sp³-hybridized carbons (Fsp3) is 0.333. The van der Waals surface area contributed by atoms with E-state index in [1.165, 1.54) is 24.3 Å². The van der Waals surface area contributed by atoms with E-state index < -0.39 is 16.8 Å². The van der Waals surface area contributed by atoms with Gasteiger partial charge >= 0.3 is 7.12 Å². The number of nitrogens with one attached hydrogen (secondary N) is 1. The summed E-state index contributed by atoms with van der Waals surface area (Å²) in [6.07, 6.45) is 0. The summed E-state index contributed by atoms with van der Waals surface area (Å²) >= 11 is 0. The number of hydrogen-bond acceptors (Lipinski definition) is 4. The van der Waals surface area contributed by atoms with E-state index in [2.05, 4.69) is 0 Å². The Morgan fingerprint density at radius 3 is 2.07 bits per heavy atom. The lowest BCUT2D eigenvalue weighted by Crippen LogP contribution is -2.29. The van der Waals surface area contributed by atoms with Crippen LogP contribution < -0.4 is 5.46 Å². The average molecular weight is 227 g/mol. The average Bonchev–Trinajstić information content (AvgIpc) is 2.17. The molecule has 82 valence electrons. The van der Waals surface area contributed by atoms with Crippen molar-refractivity contribution in [3.63, 3.8) is 0 Å². The zero-order chi connectivity index (χ0) is 11.6. The Morgan fingerprint density at radius 2 is 1.73 bits per heavy atom. The van der Waals surface area contributed by atoms with Crippen LogP contribution in [0.4, 0.5) is 0 Å². The third-order valence-electron chi connectivity index (χ3n) is 2.19. The molecule has 0 bridgehead atoms. The van der Waals surface area contributed by atoms with Gasteiger partial charge < -0.3 is 10.0 Å². The zero-order valence-electron chi connectivity index (χ0n) is 8.68. The third-order valence-corrected chi connectivity index (χ3v) is 4.49. The fourth-order valence-corrected chi connectivity index (χ4v) is 2.20. The molecule has 0 amide bonds. The summed E-state index contributed by atoms with van der Waals surface area (Å²) in [4.78, 5) is 0.418. The van der Waals surface area contributed by atoms with Crippen LogP contribution in [-0.2, 0) is 9.73 Å². The molecule has 0 aliphatic heterocycles. The zero-order valence-corrected chi connectivity index (χ0v) is 9.49. The molecule has 0 heterocycles. The molecule has 3 N–H and O–H groups in total. The van der Waals surface area contributed by atoms with Crippen molar-refractivity contribution in [1.29, 1.82) is 4.78 Å². The number of hydrogen-bond donors (Lipinski definition) is 3. The molecule has 6 heteroatoms. The molecule has 1 aromatic rings. The Morgan fingerprint density at radius 1 is 1.27 bits per heavy atom. The van der Waals surface area contributed by atoms with Gasteiger partial charge in [-0.2, -0.15) is 0 Å². The molecular formula is C9H14BNO3S. The lowest BCUT2D eigenvalue weighted by molar-refractivity contribution is 0.425. The third kappa shape index (κ3) is 2.59. The molecule has 0 aliphatic carbocycles. The first kappa shape index (κ1) is 12.2. The Hall–Kier alpha value is -0.845. The minimum absolute atomic E-state index is 0.262. The van der Waals surface area contributed by atoms with Crippen molar-refractivity contribution in [3.05, 3.63) is 24.3 Å². The lowest BCUT2D eigenvalue weighted by atomic mass is 9.81. The van der Waals surface area contributed by atoms with Gasteiger partial charge in [-0.15, -0.1) is 0 Å². The van der Waals surface area contributed by atoms with Gasteiger partial charge in [0, 0.05) is 10.1 Å². The Labute approximate surface area is 90.1 Å². The van der Waals surface area contributed by atoms with Crippen LogP contribution in [0.25, 0.3) is 0 Å². The molecule has 15 heavy (non-hydrogen) atoms. The van der Waals surface area contributed by atoms with Crippen LogP contribution in [0, 0.1) is 4.78 Å². The van der Waals surface area contributed by atoms with Gasteiger partial charge in [0.1, 0.15) is 0 Å². The molecule has 1 aromatic carbocycles. The first-order valence-electron chi connectivity index (χ1n) is 4.59. The Kier molecular flexibility index (Phi) is 3.54. The van der Waals surface area contributed by atoms with Crippen molar-refractivity contribution >= 4 is 22.3 Å². The highest BCUT2D eigenvalue weighted by Crippen LogP contribution is 2.15. The predicted octanol–water partition coefficient (Wildman–Crippen LogP) is 0.180. The highest BCUT2D eigenvalue weighted by atomic mass is 32.2. The maximum atomic E-state index is 11.9. The molecule has 0 saturated carbocycles. The Bertz CT molecular complexity index is 425. The van der Waals surface area contributed by atoms with Crippen molar-refractivity contribution in [3.8, 4) is 0 Å². The summed E-state index contributed by atoms with van der Waals surface area (Å²) in [5.74, 6) is 0. The monoisotopic (exact) mass is 227 g/mol. The van der Waals surface area contributed by atoms with Crippen LogP contribution >= 0.6 is 0 Å². The quantitative estimate of drug-likeness (QED) is 0.644. The van der Waals surface area contributed by atoms with Gasteiger partial charge in [0.25, 0.3) is 0 Å². The lowest BCUT2D eigenvalue weighted by Gasteiger charge is -2.11. The summed E-state index contributed by atoms with van der Waals surface area (Å²) in [6.45, 7) is 3.45. The van der Waals surface area contributed by atoms with Crippen LogP contribution in [-0.4, -0.2) is 26.6 Å². The second-order valence-electron chi connectivity index (χ2n) is 3.59. The largest absolute Gasteiger partial charge is 0.488 e. The van der Waals surface area contributed by atoms with E-state index in [4.69, 9.17) is 14.8 Å². The highest BCUT2D eigenvalue weighted by Gasteiger charge is 2.16. The van der Waals surface area contributed by atoms with E-state index in [1.807, 2.05) is 0 Å². The van der Waals surface area contributed by atoms with Crippen LogP contribution in [0.2, 0.25) is 0 Å². The second kappa shape index (κ2) is 4.34. The molecule has 1 atom stereocenters. The molecule has 0 saturated heterocycles. The highest BCUT2D eigenvalue weighted by molar-refractivity contribution is 7.93. The molecule has 1 rings (SSSR count). The maximum Gasteiger partial charge on any atom is 0.488 e. The summed E-state index contributed by atoms with van der Waals surface area (Å²) < 4.78 is 19.6. The second-order valence-corrected chi connectivity index (χ2v) is 6.21. The standard InChI is InChI=1S/C9H14BNO3S/c1-7(2)15(11,14)9-5-3-8(4-6-9)10(12)13/h3-7,11-13H,1-2H3. The normalized spacial score (nSPS) is 15.0. The van der Waals surface area contributed by atoms with Gasteiger partial charge in [0.05, 0.1) is 9.73 Å². The van der Waals surface area contributed by atoms with E-state index in [1.54, 1.807) is 13.8 Å². The molecule has 4 nitrogen and oxygen atoms in total. The van der Waals surface area contributed by atoms with Crippen molar-refractivity contribution in [2.24, 2.45) is 0 Å². The van der Waals surface area contributed by atoms with Gasteiger partial charge in [-0.05, 0) is 31.4 Å². The fourth-order valence-electron chi connectivity index (χ4n) is 1.11. The molecule has 0 aliphatic rings. The molecule has 1 unspecified atom stereocenters. The predicted molar refractivity (Wildman–Crippen MR) is 60.5 cm³/mol. The summed E-state index contributed by atoms with van der Waals surface area (Å²) in [7, 11) is -4.31. The van der Waals surface area contributed by atoms with E-state index in [0.29, 0.717) is 10.4 Å². The maximum absolute atomic E-state index is 11.9. The van der Waals surface area contributed by atoms with Gasteiger partial charge in [0.15, 0.2) is 0 Å². The van der Waals surface area contributed by atoms with Crippen molar-refractivity contribution in [2.45, 2.75) is 24.0 Å². The molecule has 0 fully saturated rings. The smallest absolute Gasteiger partial charge is 0.423 e. The summed E-state index contributed by atoms with van der Waals surface area (Å²) in [5.41, 5.74) is 0.331. The molecule has 0 aromatic heterocycles. The van der Waals surface area contributed by atoms with Crippen molar-refractivity contribution < 1.29 is 14.3 Å². The minimum atomic E-state index is -2.78. The minimum Gasteiger partial charge on any atom is -0.423 e. The van der Waals surface area contributed by atoms with Crippen LogP contribution in [0.15, 0.2) is 29.2 Å². The molecule has 0 radical (unpaired) electrons. The Balaban J connectivity index is 3.10. The first-order chi connectivity index (χ1) is 6.85. The van der Waals surface area contributed by atoms with Gasteiger partial charge in [-0.25, -0.2) is 8.99 Å². The van der Waals surface area contributed by atoms with E-state index in [0.717, 1.165) is 0 Å². The number of rotatable bonds is 3. The van der Waals surface area contributed by atoms with Crippen LogP contribution in [0.3, 0.4) is 0 Å². The van der Waals surface area contributed by atoms with Crippen molar-refractivity contribution in [1.82, 2.24) is 0 Å². The van der Waals surface area contributed by atoms with E-state index in [9.17, 15) is 4.21 Å². The summed E-state index contributed by atoms with van der Waals surface area (Å²) in [6, 6.07) is 5.95. The van der Waals surface area contributed by atoms with Gasteiger partial charge in [-0.1, -0.05) is 12.1 Å². The molecular weight excluding hydrogens is 213 g/mol. The first-order valence-corrected chi connectivity index (χ1v) is 6.21. The SMILES string of the molecule is CC(C)S(=N)(=O)c1ccc(B(O)O)cc1. The van der Waals surface area contributed by atoms with Gasteiger partial charge in [0.2, 0.25) is 0 Å². The topological polar surface area (TPSA) is 81.4 Å².